The van der Waals surface area contributed by atoms with Crippen LogP contribution in [0.2, 0.25) is 0 Å². The topological polar surface area (TPSA) is 58.4 Å². The second-order valence-corrected chi connectivity index (χ2v) is 6.12. The van der Waals surface area contributed by atoms with E-state index in [0.717, 1.165) is 18.8 Å². The van der Waals surface area contributed by atoms with Crippen molar-refractivity contribution in [2.75, 3.05) is 31.5 Å². The molecule has 0 spiro atoms. The Balaban J connectivity index is 0.00000208. The van der Waals surface area contributed by atoms with Crippen LogP contribution in [0.25, 0.3) is 0 Å². The molecule has 1 aliphatic heterocycles. The van der Waals surface area contributed by atoms with Crippen molar-refractivity contribution in [3.8, 4) is 0 Å². The molecule has 4 nitrogen and oxygen atoms in total. The van der Waals surface area contributed by atoms with Crippen LogP contribution in [0.1, 0.15) is 11.5 Å². The fraction of sp³-hybridized carbons (Fsp3) is 0.316. The first kappa shape index (κ1) is 18.5. The van der Waals surface area contributed by atoms with Gasteiger partial charge < -0.3 is 11.1 Å². The third kappa shape index (κ3) is 4.57. The van der Waals surface area contributed by atoms with Gasteiger partial charge in [-0.15, -0.1) is 12.4 Å². The minimum absolute atomic E-state index is 0. The van der Waals surface area contributed by atoms with Gasteiger partial charge in [-0.3, -0.25) is 9.69 Å². The van der Waals surface area contributed by atoms with Gasteiger partial charge in [0.25, 0.3) is 0 Å². The molecule has 2 atom stereocenters. The zero-order chi connectivity index (χ0) is 16.1. The normalized spacial score (nSPS) is 20.4. The number of anilines is 1. The first-order chi connectivity index (χ1) is 11.3. The molecule has 1 fully saturated rings. The molecule has 1 amide bonds. The van der Waals surface area contributed by atoms with E-state index in [2.05, 4.69) is 34.5 Å². The Morgan fingerprint density at radius 1 is 1.04 bits per heavy atom. The van der Waals surface area contributed by atoms with Crippen LogP contribution in [-0.4, -0.2) is 37.0 Å². The molecule has 0 saturated carbocycles. The molecule has 0 unspecified atom stereocenters. The van der Waals surface area contributed by atoms with Crippen molar-refractivity contribution < 1.29 is 4.79 Å². The van der Waals surface area contributed by atoms with E-state index in [-0.39, 0.29) is 18.3 Å². The van der Waals surface area contributed by atoms with Crippen molar-refractivity contribution >= 4 is 24.0 Å². The van der Waals surface area contributed by atoms with Crippen LogP contribution < -0.4 is 11.1 Å². The minimum atomic E-state index is 0. The molecule has 3 N–H and O–H groups in total. The Bertz CT molecular complexity index is 636. The summed E-state index contributed by atoms with van der Waals surface area (Å²) in [5.74, 6) is 0.841. The molecular weight excluding hydrogens is 322 g/mol. The summed E-state index contributed by atoms with van der Waals surface area (Å²) in [6.45, 7) is 2.82. The number of nitrogens with two attached hydrogens (primary N) is 1. The number of nitrogens with zero attached hydrogens (tertiary/aromatic N) is 1. The summed E-state index contributed by atoms with van der Waals surface area (Å²) in [4.78, 5) is 14.4. The van der Waals surface area contributed by atoms with Gasteiger partial charge in [0.15, 0.2) is 0 Å². The van der Waals surface area contributed by atoms with Crippen molar-refractivity contribution in [2.45, 2.75) is 5.92 Å². The lowest BCUT2D eigenvalue weighted by atomic mass is 9.89. The van der Waals surface area contributed by atoms with E-state index >= 15 is 0 Å². The van der Waals surface area contributed by atoms with Crippen LogP contribution >= 0.6 is 12.4 Å². The molecule has 128 valence electrons. The summed E-state index contributed by atoms with van der Waals surface area (Å²) in [7, 11) is 0. The third-order valence-electron chi connectivity index (χ3n) is 4.47. The van der Waals surface area contributed by atoms with E-state index in [4.69, 9.17) is 5.73 Å². The molecule has 2 aromatic carbocycles. The number of benzene rings is 2. The summed E-state index contributed by atoms with van der Waals surface area (Å²) in [5.41, 5.74) is 8.10. The SMILES string of the molecule is Cl.NC[C@@H]1CN(CC(=O)Nc2ccccc2)C[C@H]1c1ccccc1. The lowest BCUT2D eigenvalue weighted by molar-refractivity contribution is -0.117. The summed E-state index contributed by atoms with van der Waals surface area (Å²) in [6, 6.07) is 20.0. The number of carbonyl (C=O) groups is 1. The predicted octanol–water partition coefficient (Wildman–Crippen LogP) is 2.72. The van der Waals surface area contributed by atoms with Gasteiger partial charge >= 0.3 is 0 Å². The number of carbonyl (C=O) groups excluding carboxylic acids is 1. The largest absolute Gasteiger partial charge is 0.330 e. The number of hydrogen-bond donors (Lipinski definition) is 2. The van der Waals surface area contributed by atoms with Crippen molar-refractivity contribution in [1.82, 2.24) is 4.90 Å². The van der Waals surface area contributed by atoms with Crippen LogP contribution in [0.5, 0.6) is 0 Å². The Hall–Kier alpha value is -1.88. The molecule has 3 rings (SSSR count). The molecule has 0 radical (unpaired) electrons. The number of halogens is 1. The van der Waals surface area contributed by atoms with Crippen LogP contribution in [0, 0.1) is 5.92 Å². The summed E-state index contributed by atoms with van der Waals surface area (Å²) >= 11 is 0. The molecule has 5 heteroatoms. The van der Waals surface area contributed by atoms with Gasteiger partial charge in [-0.05, 0) is 30.2 Å². The summed E-state index contributed by atoms with van der Waals surface area (Å²) in [6.07, 6.45) is 0. The lowest BCUT2D eigenvalue weighted by Crippen LogP contribution is -2.32. The van der Waals surface area contributed by atoms with Crippen molar-refractivity contribution in [3.05, 3.63) is 66.2 Å². The Morgan fingerprint density at radius 3 is 2.29 bits per heavy atom. The van der Waals surface area contributed by atoms with Gasteiger partial charge in [0.1, 0.15) is 0 Å². The van der Waals surface area contributed by atoms with Gasteiger partial charge in [0.2, 0.25) is 5.91 Å². The maximum atomic E-state index is 12.2. The average Bonchev–Trinajstić information content (AvgIpc) is 2.99. The zero-order valence-electron chi connectivity index (χ0n) is 13.6. The van der Waals surface area contributed by atoms with Crippen molar-refractivity contribution in [3.63, 3.8) is 0 Å². The fourth-order valence-corrected chi connectivity index (χ4v) is 3.33. The maximum Gasteiger partial charge on any atom is 0.238 e. The van der Waals surface area contributed by atoms with Gasteiger partial charge in [-0.2, -0.15) is 0 Å². The molecule has 1 heterocycles. The van der Waals surface area contributed by atoms with Crippen LogP contribution in [0.15, 0.2) is 60.7 Å². The highest BCUT2D eigenvalue weighted by atomic mass is 35.5. The zero-order valence-corrected chi connectivity index (χ0v) is 14.4. The standard InChI is InChI=1S/C19H23N3O.ClH/c20-11-16-12-22(13-18(16)15-7-3-1-4-8-15)14-19(23)21-17-9-5-2-6-10-17;/h1-10,16,18H,11-14,20H2,(H,21,23);1H/t16-,18+;/m1./s1. The predicted molar refractivity (Wildman–Crippen MR) is 100 cm³/mol. The lowest BCUT2D eigenvalue weighted by Gasteiger charge is -2.16. The maximum absolute atomic E-state index is 12.2. The second kappa shape index (κ2) is 8.83. The average molecular weight is 346 g/mol. The van der Waals surface area contributed by atoms with Crippen molar-refractivity contribution in [1.29, 1.82) is 0 Å². The molecule has 0 aromatic heterocycles. The molecule has 24 heavy (non-hydrogen) atoms. The van der Waals surface area contributed by atoms with Crippen LogP contribution in [0.3, 0.4) is 0 Å². The quantitative estimate of drug-likeness (QED) is 0.876. The Labute approximate surface area is 149 Å². The fourth-order valence-electron chi connectivity index (χ4n) is 3.33. The van der Waals surface area contributed by atoms with E-state index in [0.29, 0.717) is 24.9 Å². The molecule has 0 aliphatic carbocycles. The second-order valence-electron chi connectivity index (χ2n) is 6.12. The van der Waals surface area contributed by atoms with E-state index in [1.165, 1.54) is 5.56 Å². The first-order valence-corrected chi connectivity index (χ1v) is 8.08. The summed E-state index contributed by atoms with van der Waals surface area (Å²) < 4.78 is 0. The number of nitrogens with one attached hydrogen (secondary N) is 1. The van der Waals surface area contributed by atoms with E-state index in [9.17, 15) is 4.79 Å². The highest BCUT2D eigenvalue weighted by Crippen LogP contribution is 2.31. The smallest absolute Gasteiger partial charge is 0.238 e. The highest BCUT2D eigenvalue weighted by molar-refractivity contribution is 5.92. The molecular formula is C19H24ClN3O. The molecule has 2 aromatic rings. The summed E-state index contributed by atoms with van der Waals surface area (Å²) in [5, 5.41) is 2.94. The van der Waals surface area contributed by atoms with Crippen molar-refractivity contribution in [2.24, 2.45) is 11.7 Å². The van der Waals surface area contributed by atoms with Gasteiger partial charge in [-0.1, -0.05) is 48.5 Å². The molecule has 1 saturated heterocycles. The van der Waals surface area contributed by atoms with Gasteiger partial charge in [0.05, 0.1) is 6.54 Å². The number of amides is 1. The van der Waals surface area contributed by atoms with Crippen LogP contribution in [-0.2, 0) is 4.79 Å². The van der Waals surface area contributed by atoms with E-state index < -0.39 is 0 Å². The Kier molecular flexibility index (Phi) is 6.79. The molecule has 0 bridgehead atoms. The number of likely N-dealkylation sites (tertiary alicyclic amines) is 1. The number of hydrogen-bond acceptors (Lipinski definition) is 3. The van der Waals surface area contributed by atoms with Gasteiger partial charge in [0, 0.05) is 24.7 Å². The number of para-hydroxylation sites is 1. The third-order valence-corrected chi connectivity index (χ3v) is 4.47. The van der Waals surface area contributed by atoms with E-state index in [1.54, 1.807) is 0 Å². The van der Waals surface area contributed by atoms with E-state index in [1.807, 2.05) is 36.4 Å². The highest BCUT2D eigenvalue weighted by Gasteiger charge is 2.33. The minimum Gasteiger partial charge on any atom is -0.330 e. The molecule has 1 aliphatic rings. The first-order valence-electron chi connectivity index (χ1n) is 8.08. The number of rotatable bonds is 5. The monoisotopic (exact) mass is 345 g/mol. The van der Waals surface area contributed by atoms with Gasteiger partial charge in [-0.25, -0.2) is 0 Å². The van der Waals surface area contributed by atoms with Crippen LogP contribution in [0.4, 0.5) is 5.69 Å². The Morgan fingerprint density at radius 2 is 1.67 bits per heavy atom.